The Hall–Kier alpha value is -3.34. The number of allylic oxidation sites excluding steroid dienone is 1. The first-order chi connectivity index (χ1) is 15.2. The van der Waals surface area contributed by atoms with Crippen molar-refractivity contribution in [3.63, 3.8) is 0 Å². The number of hydrogen-bond donors (Lipinski definition) is 2. The van der Waals surface area contributed by atoms with E-state index in [-0.39, 0.29) is 17.7 Å². The molecule has 158 valence electrons. The second-order valence-corrected chi connectivity index (χ2v) is 8.53. The van der Waals surface area contributed by atoms with Crippen molar-refractivity contribution in [2.45, 2.75) is 32.1 Å². The molecule has 5 heteroatoms. The number of aromatic amines is 1. The normalized spacial score (nSPS) is 17.0. The first kappa shape index (κ1) is 19.6. The van der Waals surface area contributed by atoms with Crippen LogP contribution in [0.5, 0.6) is 0 Å². The molecule has 0 saturated carbocycles. The minimum absolute atomic E-state index is 0.0426. The summed E-state index contributed by atoms with van der Waals surface area (Å²) in [5, 5.41) is 4.26. The van der Waals surface area contributed by atoms with E-state index in [1.165, 1.54) is 5.39 Å². The molecule has 3 aromatic rings. The first-order valence-electron chi connectivity index (χ1n) is 11.1. The van der Waals surface area contributed by atoms with Crippen LogP contribution in [0.25, 0.3) is 22.2 Å². The molecule has 0 radical (unpaired) electrons. The highest BCUT2D eigenvalue weighted by Gasteiger charge is 2.29. The molecule has 1 saturated heterocycles. The van der Waals surface area contributed by atoms with Crippen molar-refractivity contribution >= 4 is 28.4 Å². The van der Waals surface area contributed by atoms with Gasteiger partial charge in [0.2, 0.25) is 11.8 Å². The Morgan fingerprint density at radius 1 is 1.00 bits per heavy atom. The van der Waals surface area contributed by atoms with E-state index in [0.717, 1.165) is 47.3 Å². The lowest BCUT2D eigenvalue weighted by molar-refractivity contribution is -0.131. The molecule has 1 aliphatic carbocycles. The van der Waals surface area contributed by atoms with E-state index < -0.39 is 0 Å². The highest BCUT2D eigenvalue weighted by molar-refractivity contribution is 5.95. The van der Waals surface area contributed by atoms with E-state index in [4.69, 9.17) is 0 Å². The summed E-state index contributed by atoms with van der Waals surface area (Å²) in [4.78, 5) is 30.8. The number of anilines is 1. The molecule has 2 N–H and O–H groups in total. The third-order valence-corrected chi connectivity index (χ3v) is 6.44. The van der Waals surface area contributed by atoms with Gasteiger partial charge in [0.25, 0.3) is 0 Å². The zero-order valence-corrected chi connectivity index (χ0v) is 17.6. The monoisotopic (exact) mass is 413 g/mol. The minimum Gasteiger partial charge on any atom is -0.355 e. The summed E-state index contributed by atoms with van der Waals surface area (Å²) in [6.07, 6.45) is 6.49. The van der Waals surface area contributed by atoms with Crippen LogP contribution in [-0.4, -0.2) is 34.8 Å². The van der Waals surface area contributed by atoms with Crippen LogP contribution in [0, 0.1) is 5.92 Å². The van der Waals surface area contributed by atoms with Crippen LogP contribution in [-0.2, 0) is 9.59 Å². The third kappa shape index (κ3) is 4.13. The zero-order valence-electron chi connectivity index (χ0n) is 17.6. The molecule has 2 amide bonds. The largest absolute Gasteiger partial charge is 0.355 e. The Kier molecular flexibility index (Phi) is 5.33. The van der Waals surface area contributed by atoms with Crippen LogP contribution >= 0.6 is 0 Å². The van der Waals surface area contributed by atoms with Crippen molar-refractivity contribution < 1.29 is 9.59 Å². The minimum atomic E-state index is -0.0571. The van der Waals surface area contributed by atoms with Crippen LogP contribution in [0.4, 0.5) is 5.69 Å². The smallest absolute Gasteiger partial charge is 0.249 e. The lowest BCUT2D eigenvalue weighted by Crippen LogP contribution is -2.41. The Labute approximate surface area is 182 Å². The Balaban J connectivity index is 1.22. The van der Waals surface area contributed by atoms with Crippen LogP contribution < -0.4 is 5.32 Å². The van der Waals surface area contributed by atoms with Crippen LogP contribution in [0.3, 0.4) is 0 Å². The van der Waals surface area contributed by atoms with Crippen molar-refractivity contribution in [2.24, 2.45) is 5.92 Å². The van der Waals surface area contributed by atoms with Gasteiger partial charge in [-0.05, 0) is 56.4 Å². The summed E-state index contributed by atoms with van der Waals surface area (Å²) in [5.41, 5.74) is 4.93. The van der Waals surface area contributed by atoms with Gasteiger partial charge >= 0.3 is 0 Å². The maximum atomic E-state index is 12.9. The lowest BCUT2D eigenvalue weighted by Gasteiger charge is -2.31. The average Bonchev–Trinajstić information content (AvgIpc) is 3.49. The summed E-state index contributed by atoms with van der Waals surface area (Å²) in [6.45, 7) is 1.31. The lowest BCUT2D eigenvalue weighted by atomic mass is 9.95. The molecule has 5 nitrogen and oxygen atoms in total. The number of piperidine rings is 1. The number of benzene rings is 2. The van der Waals surface area contributed by atoms with E-state index in [2.05, 4.69) is 34.6 Å². The summed E-state index contributed by atoms with van der Waals surface area (Å²) < 4.78 is 0. The highest BCUT2D eigenvalue weighted by Crippen LogP contribution is 2.28. The van der Waals surface area contributed by atoms with Gasteiger partial charge in [0.15, 0.2) is 0 Å². The first-order valence-corrected chi connectivity index (χ1v) is 11.1. The van der Waals surface area contributed by atoms with Gasteiger partial charge in [0, 0.05) is 52.4 Å². The number of fused-ring (bicyclic) bond motifs is 1. The standard InChI is InChI=1S/C26H27N3O2/c30-25(18-12-14-29(15-13-18)26(31)19-6-1-2-7-19)27-22-10-5-9-20(16-22)24-17-21-8-3-4-11-23(21)28-24/h3-6,8-11,16-18,28H,1-2,7,12-15H2,(H,27,30). The van der Waals surface area contributed by atoms with Gasteiger partial charge < -0.3 is 15.2 Å². The fraction of sp³-hybridized carbons (Fsp3) is 0.308. The van der Waals surface area contributed by atoms with Gasteiger partial charge in [0.1, 0.15) is 0 Å². The number of carbonyl (C=O) groups is 2. The second kappa shape index (κ2) is 8.42. The second-order valence-electron chi connectivity index (χ2n) is 8.53. The van der Waals surface area contributed by atoms with E-state index in [9.17, 15) is 9.59 Å². The summed E-state index contributed by atoms with van der Waals surface area (Å²) >= 11 is 0. The fourth-order valence-corrected chi connectivity index (χ4v) is 4.65. The molecule has 0 atom stereocenters. The molecule has 0 unspecified atom stereocenters. The molecule has 0 bridgehead atoms. The van der Waals surface area contributed by atoms with Gasteiger partial charge in [-0.1, -0.05) is 36.4 Å². The van der Waals surface area contributed by atoms with Gasteiger partial charge in [-0.2, -0.15) is 0 Å². The fourth-order valence-electron chi connectivity index (χ4n) is 4.65. The van der Waals surface area contributed by atoms with E-state index in [1.54, 1.807) is 0 Å². The molecule has 31 heavy (non-hydrogen) atoms. The maximum Gasteiger partial charge on any atom is 0.249 e. The number of likely N-dealkylation sites (tertiary alicyclic amines) is 1. The molecule has 2 aliphatic rings. The Morgan fingerprint density at radius 2 is 1.84 bits per heavy atom. The average molecular weight is 414 g/mol. The van der Waals surface area contributed by atoms with E-state index in [1.807, 2.05) is 41.3 Å². The summed E-state index contributed by atoms with van der Waals surface area (Å²) in [6, 6.07) is 18.3. The number of aromatic nitrogens is 1. The van der Waals surface area contributed by atoms with Crippen LogP contribution in [0.2, 0.25) is 0 Å². The van der Waals surface area contributed by atoms with Crippen molar-refractivity contribution in [2.75, 3.05) is 18.4 Å². The molecular formula is C26H27N3O2. The molecular weight excluding hydrogens is 386 g/mol. The summed E-state index contributed by atoms with van der Waals surface area (Å²) in [5.74, 6) is 0.154. The molecule has 2 heterocycles. The van der Waals surface area contributed by atoms with Gasteiger partial charge in [-0.25, -0.2) is 0 Å². The number of carbonyl (C=O) groups excluding carboxylic acids is 2. The summed E-state index contributed by atoms with van der Waals surface area (Å²) in [7, 11) is 0. The number of amides is 2. The number of para-hydroxylation sites is 1. The number of rotatable bonds is 4. The van der Waals surface area contributed by atoms with Gasteiger partial charge in [-0.3, -0.25) is 9.59 Å². The quantitative estimate of drug-likeness (QED) is 0.623. The zero-order chi connectivity index (χ0) is 21.2. The maximum absolute atomic E-state index is 12.9. The third-order valence-electron chi connectivity index (χ3n) is 6.44. The Bertz CT molecular complexity index is 1120. The van der Waals surface area contributed by atoms with Crippen molar-refractivity contribution in [1.29, 1.82) is 0 Å². The molecule has 1 aromatic heterocycles. The number of nitrogens with one attached hydrogen (secondary N) is 2. The SMILES string of the molecule is O=C(Nc1cccc(-c2cc3ccccc3[nH]2)c1)C1CCN(C(=O)C2=CCCC2)CC1. The van der Waals surface area contributed by atoms with Crippen molar-refractivity contribution in [3.05, 3.63) is 66.2 Å². The molecule has 5 rings (SSSR count). The van der Waals surface area contributed by atoms with Crippen LogP contribution in [0.1, 0.15) is 32.1 Å². The van der Waals surface area contributed by atoms with Gasteiger partial charge in [0.05, 0.1) is 0 Å². The number of hydrogen-bond acceptors (Lipinski definition) is 2. The Morgan fingerprint density at radius 3 is 2.61 bits per heavy atom. The molecule has 1 aliphatic heterocycles. The predicted molar refractivity (Wildman–Crippen MR) is 124 cm³/mol. The number of H-pyrrole nitrogens is 1. The van der Waals surface area contributed by atoms with Crippen LogP contribution in [0.15, 0.2) is 66.2 Å². The van der Waals surface area contributed by atoms with E-state index in [0.29, 0.717) is 25.9 Å². The molecule has 0 spiro atoms. The van der Waals surface area contributed by atoms with Crippen molar-refractivity contribution in [3.8, 4) is 11.3 Å². The topological polar surface area (TPSA) is 65.2 Å². The predicted octanol–water partition coefficient (Wildman–Crippen LogP) is 5.12. The van der Waals surface area contributed by atoms with Gasteiger partial charge in [-0.15, -0.1) is 0 Å². The number of nitrogens with zero attached hydrogens (tertiary/aromatic N) is 1. The molecule has 2 aromatic carbocycles. The molecule has 1 fully saturated rings. The highest BCUT2D eigenvalue weighted by atomic mass is 16.2. The van der Waals surface area contributed by atoms with E-state index >= 15 is 0 Å². The van der Waals surface area contributed by atoms with Crippen molar-refractivity contribution in [1.82, 2.24) is 9.88 Å².